The molecule has 0 saturated carbocycles. The Bertz CT molecular complexity index is 2600. The Labute approximate surface area is 446 Å². The summed E-state index contributed by atoms with van der Waals surface area (Å²) >= 11 is 3.27. The fraction of sp³-hybridized carbons (Fsp3) is 0.500. The number of nitriles is 2. The number of aryl methyl sites for hydroxylation is 2. The molecule has 2 atom stereocenters. The van der Waals surface area contributed by atoms with Crippen LogP contribution >= 0.6 is 15.9 Å². The first kappa shape index (κ1) is 56.6. The van der Waals surface area contributed by atoms with Gasteiger partial charge in [-0.2, -0.15) is 10.5 Å². The molecule has 4 aliphatic rings. The second-order valence-corrected chi connectivity index (χ2v) is 22.5. The van der Waals surface area contributed by atoms with Gasteiger partial charge in [-0.15, -0.1) is 0 Å². The molecular weight excluding hydrogens is 960 g/mol. The zero-order valence-electron chi connectivity index (χ0n) is 43.9. The number of hydrogen-bond acceptors (Lipinski definition) is 10. The smallest absolute Gasteiger partial charge is 1.00 e. The minimum Gasteiger partial charge on any atom is -1.00 e. The number of halogens is 1. The molecule has 4 aromatic carbocycles. The normalized spacial score (nSPS) is 18.8. The molecule has 4 aromatic rings. The number of aliphatic hydroxyl groups is 3. The first-order valence-electron chi connectivity index (χ1n) is 24.1. The van der Waals surface area contributed by atoms with Crippen LogP contribution in [0.4, 0.5) is 0 Å². The third-order valence-corrected chi connectivity index (χ3v) is 13.4. The molecule has 14 heteroatoms. The van der Waals surface area contributed by atoms with Gasteiger partial charge in [0.25, 0.3) is 11.8 Å². The zero-order valence-corrected chi connectivity index (χ0v) is 46.4. The average Bonchev–Trinajstić information content (AvgIpc) is 3.28. The van der Waals surface area contributed by atoms with Crippen LogP contribution in [0.1, 0.15) is 173 Å². The van der Waals surface area contributed by atoms with Crippen molar-refractivity contribution in [1.82, 2.24) is 9.80 Å². The van der Waals surface area contributed by atoms with Crippen LogP contribution in [0.2, 0.25) is 0 Å². The van der Waals surface area contributed by atoms with Gasteiger partial charge in [-0.25, -0.2) is 0 Å². The van der Waals surface area contributed by atoms with Crippen molar-refractivity contribution in [1.29, 1.82) is 10.5 Å². The van der Waals surface area contributed by atoms with Crippen LogP contribution in [0.15, 0.2) is 72.8 Å². The fourth-order valence-corrected chi connectivity index (χ4v) is 10.0. The third-order valence-electron chi connectivity index (χ3n) is 13.4. The van der Waals surface area contributed by atoms with Crippen molar-refractivity contribution in [2.24, 2.45) is 0 Å². The molecule has 0 bridgehead atoms. The van der Waals surface area contributed by atoms with Crippen molar-refractivity contribution in [3.8, 4) is 23.6 Å². The maximum atomic E-state index is 13.2. The molecule has 3 N–H and O–H groups in total. The first-order chi connectivity index (χ1) is 32.4. The largest absolute Gasteiger partial charge is 1.00 e. The van der Waals surface area contributed by atoms with Crippen LogP contribution in [-0.2, 0) is 15.9 Å². The van der Waals surface area contributed by atoms with Gasteiger partial charge < -0.3 is 40.8 Å². The van der Waals surface area contributed by atoms with Crippen molar-refractivity contribution in [3.05, 3.63) is 128 Å². The van der Waals surface area contributed by atoms with Crippen LogP contribution in [0.3, 0.4) is 0 Å². The van der Waals surface area contributed by atoms with Crippen molar-refractivity contribution < 1.29 is 70.1 Å². The quantitative estimate of drug-likeness (QED) is 0.130. The zero-order chi connectivity index (χ0) is 50.6. The van der Waals surface area contributed by atoms with Gasteiger partial charge in [0.2, 0.25) is 0 Å². The van der Waals surface area contributed by atoms with E-state index in [1.165, 1.54) is 0 Å². The maximum Gasteiger partial charge on any atom is 1.00 e. The van der Waals surface area contributed by atoms with E-state index in [-0.39, 0.29) is 55.0 Å². The summed E-state index contributed by atoms with van der Waals surface area (Å²) in [5.41, 5.74) is 4.58. The monoisotopic (exact) mass is 1030 g/mol. The molecule has 2 amide bonds. The van der Waals surface area contributed by atoms with Crippen molar-refractivity contribution >= 4 is 27.7 Å². The van der Waals surface area contributed by atoms with E-state index < -0.39 is 28.5 Å². The molecule has 370 valence electrons. The van der Waals surface area contributed by atoms with E-state index in [1.807, 2.05) is 73.9 Å². The summed E-state index contributed by atoms with van der Waals surface area (Å²) in [6, 6.07) is 25.9. The van der Waals surface area contributed by atoms with Crippen LogP contribution < -0.4 is 39.0 Å². The van der Waals surface area contributed by atoms with Crippen molar-refractivity contribution in [2.45, 2.75) is 153 Å². The first-order valence-corrected chi connectivity index (χ1v) is 25.0. The molecule has 0 radical (unpaired) electrons. The minimum atomic E-state index is -0.952. The van der Waals surface area contributed by atoms with Gasteiger partial charge >= 0.3 is 29.6 Å². The number of alkyl halides is 1. The fourth-order valence-electron chi connectivity index (χ4n) is 10.0. The number of ether oxygens (including phenoxy) is 3. The minimum absolute atomic E-state index is 0. The number of carbonyl (C=O) groups is 2. The molecular formula is C56H70BrN4NaO8. The van der Waals surface area contributed by atoms with E-state index in [0.29, 0.717) is 90.3 Å². The second kappa shape index (κ2) is 23.1. The number of piperidine rings is 2. The Morgan fingerprint density at radius 1 is 0.700 bits per heavy atom. The van der Waals surface area contributed by atoms with Gasteiger partial charge in [0, 0.05) is 91.8 Å². The summed E-state index contributed by atoms with van der Waals surface area (Å²) in [5.74, 6) is 1.37. The average molecular weight is 1030 g/mol. The maximum absolute atomic E-state index is 13.2. The Morgan fingerprint density at radius 2 is 1.09 bits per heavy atom. The summed E-state index contributed by atoms with van der Waals surface area (Å²) < 4.78 is 19.1. The van der Waals surface area contributed by atoms with Crippen LogP contribution in [0, 0.1) is 36.5 Å². The topological polar surface area (TPSA) is 177 Å². The van der Waals surface area contributed by atoms with Crippen molar-refractivity contribution in [3.63, 3.8) is 0 Å². The van der Waals surface area contributed by atoms with Gasteiger partial charge in [-0.3, -0.25) is 9.59 Å². The van der Waals surface area contributed by atoms with Crippen LogP contribution in [0.5, 0.6) is 11.5 Å². The molecule has 8 rings (SSSR count). The Hall–Kier alpha value is -4.28. The SMILES string of the molecule is CC(C)Br.Cc1cc(C(=O)N2CCC3(CC2)CC(O)c2cc(C#N)ccc2O3)ccc1C(C)(C)O.Cc1cc(C(=O)N2CCC3(CC2)CC(OC(C)C)c2cc(C#N)ccc2O3)ccc1C(C)(C)O.[H-].[Na+]. The summed E-state index contributed by atoms with van der Waals surface area (Å²) in [6.45, 7) is 21.3. The number of carbonyl (C=O) groups excluding carboxylic acids is 2. The molecule has 2 unspecified atom stereocenters. The Kier molecular flexibility index (Phi) is 18.7. The number of hydrogen-bond donors (Lipinski definition) is 3. The van der Waals surface area contributed by atoms with Crippen LogP contribution in [-0.4, -0.2) is 85.2 Å². The predicted octanol–water partition coefficient (Wildman–Crippen LogP) is 7.51. The summed E-state index contributed by atoms with van der Waals surface area (Å²) in [6.07, 6.45) is 3.09. The Balaban J connectivity index is 0.000000280. The van der Waals surface area contributed by atoms with Gasteiger partial charge in [-0.1, -0.05) is 41.9 Å². The number of aliphatic hydroxyl groups excluding tert-OH is 1. The molecule has 12 nitrogen and oxygen atoms in total. The second-order valence-electron chi connectivity index (χ2n) is 20.7. The third kappa shape index (κ3) is 13.6. The molecule has 4 heterocycles. The van der Waals surface area contributed by atoms with Crippen molar-refractivity contribution in [2.75, 3.05) is 26.2 Å². The van der Waals surface area contributed by atoms with Gasteiger partial charge in [0.05, 0.1) is 52.8 Å². The molecule has 4 aliphatic heterocycles. The summed E-state index contributed by atoms with van der Waals surface area (Å²) in [7, 11) is 0. The van der Waals surface area contributed by atoms with E-state index in [1.54, 1.807) is 64.1 Å². The van der Waals surface area contributed by atoms with E-state index in [0.717, 1.165) is 46.4 Å². The molecule has 70 heavy (non-hydrogen) atoms. The van der Waals surface area contributed by atoms with Crippen LogP contribution in [0.25, 0.3) is 0 Å². The number of nitrogens with zero attached hydrogens (tertiary/aromatic N) is 4. The number of likely N-dealkylation sites (tertiary alicyclic amines) is 2. The summed E-state index contributed by atoms with van der Waals surface area (Å²) in [5, 5.41) is 49.7. The summed E-state index contributed by atoms with van der Waals surface area (Å²) in [4.78, 5) is 30.7. The number of benzene rings is 4. The molecule has 0 aliphatic carbocycles. The number of rotatable bonds is 6. The Morgan fingerprint density at radius 3 is 1.46 bits per heavy atom. The van der Waals surface area contributed by atoms with E-state index in [4.69, 9.17) is 19.5 Å². The van der Waals surface area contributed by atoms with Gasteiger partial charge in [0.1, 0.15) is 22.7 Å². The molecule has 2 spiro atoms. The van der Waals surface area contributed by atoms with E-state index in [2.05, 4.69) is 41.9 Å². The van der Waals surface area contributed by atoms with Gasteiger partial charge in [-0.05, 0) is 138 Å². The molecule has 0 aromatic heterocycles. The van der Waals surface area contributed by atoms with E-state index in [9.17, 15) is 30.2 Å². The number of amides is 2. The standard InChI is InChI=1S/C28H34N2O4.C25H28N2O4.C3H7Br.Na.H/c1-18(2)33-25-16-28(34-24-9-6-20(17-29)15-22(24)25)10-12-30(13-11-28)26(31)21-7-8-23(19(3)14-21)27(4,5)32;1-16-12-18(5-6-20(16)24(2,3)30)23(29)27-10-8-25(9-11-27)14-21(28)19-13-17(15-26)4-7-22(19)31-25;1-3(2)4;;/h6-9,14-15,18,25,32H,10-13,16H2,1-5H3;4-7,12-13,21,28,30H,8-11,14H2,1-3H3;3H,1-2H3;;/q;;;+1;-1. The van der Waals surface area contributed by atoms with E-state index >= 15 is 0 Å². The predicted molar refractivity (Wildman–Crippen MR) is 270 cm³/mol. The molecule has 2 saturated heterocycles. The number of fused-ring (bicyclic) bond motifs is 2. The van der Waals surface area contributed by atoms with Gasteiger partial charge in [0.15, 0.2) is 0 Å². The molecule has 2 fully saturated rings.